The second-order valence-electron chi connectivity index (χ2n) is 12.4. The fraction of sp³-hybridized carbons (Fsp3) is 0.438. The average Bonchev–Trinajstić information content (AvgIpc) is 3.26. The molecule has 2 aromatic carbocycles. The van der Waals surface area contributed by atoms with Gasteiger partial charge in [0, 0.05) is 24.2 Å². The number of nitrogens with two attached hydrogens (primary N) is 1. The average molecular weight is 659 g/mol. The number of fused-ring (bicyclic) bond motifs is 1. The molecule has 2 atom stereocenters. The van der Waals surface area contributed by atoms with Gasteiger partial charge < -0.3 is 15.4 Å². The van der Waals surface area contributed by atoms with E-state index in [1.165, 1.54) is 0 Å². The minimum Gasteiger partial charge on any atom is -0.461 e. The molecule has 9 nitrogen and oxygen atoms in total. The molecule has 3 aromatic rings. The number of piperidine rings is 1. The van der Waals surface area contributed by atoms with Crippen molar-refractivity contribution in [2.45, 2.75) is 64.7 Å². The first-order valence-electron chi connectivity index (χ1n) is 14.6. The molecule has 1 unspecified atom stereocenters. The third-order valence-corrected chi connectivity index (χ3v) is 10.8. The summed E-state index contributed by atoms with van der Waals surface area (Å²) in [6, 6.07) is 10.6. The molecule has 1 aliphatic heterocycles. The van der Waals surface area contributed by atoms with Crippen molar-refractivity contribution in [3.8, 4) is 11.3 Å². The van der Waals surface area contributed by atoms with Gasteiger partial charge in [-0.05, 0) is 88.6 Å². The summed E-state index contributed by atoms with van der Waals surface area (Å²) in [6.07, 6.45) is 2.20. The van der Waals surface area contributed by atoms with Gasteiger partial charge in [0.1, 0.15) is 0 Å². The summed E-state index contributed by atoms with van der Waals surface area (Å²) in [5, 5.41) is 0.713. The molecule has 1 fully saturated rings. The maximum atomic E-state index is 13.4. The molecule has 5 rings (SSSR count). The van der Waals surface area contributed by atoms with Crippen LogP contribution in [0.15, 0.2) is 36.4 Å². The van der Waals surface area contributed by atoms with E-state index >= 15 is 0 Å². The number of rotatable bonds is 7. The highest BCUT2D eigenvalue weighted by atomic mass is 35.5. The van der Waals surface area contributed by atoms with Gasteiger partial charge in [-0.1, -0.05) is 41.4 Å². The van der Waals surface area contributed by atoms with Gasteiger partial charge in [-0.2, -0.15) is 0 Å². The second-order valence-corrected chi connectivity index (χ2v) is 15.2. The van der Waals surface area contributed by atoms with Crippen LogP contribution in [0.4, 0.5) is 5.82 Å². The van der Waals surface area contributed by atoms with Crippen LogP contribution in [0.1, 0.15) is 84.2 Å². The Kier molecular flexibility index (Phi) is 9.11. The van der Waals surface area contributed by atoms with Crippen molar-refractivity contribution in [2.24, 2.45) is 11.1 Å². The molecule has 2 heterocycles. The highest BCUT2D eigenvalue weighted by molar-refractivity contribution is 7.84. The SMILES string of the molecule is CCOC(=O)c1nc(-c2cccc(Cl)c2Cl)c(C)nc1N1CCC2(CC1)Cc1ccc(C(N)=O)cc1[C@H]2NS(=O)C(C)(C)C. The van der Waals surface area contributed by atoms with Crippen LogP contribution >= 0.6 is 23.2 Å². The summed E-state index contributed by atoms with van der Waals surface area (Å²) in [4.78, 5) is 36.9. The van der Waals surface area contributed by atoms with E-state index in [9.17, 15) is 13.8 Å². The molecular formula is C32H37Cl2N5O4S. The quantitative estimate of drug-likeness (QED) is 0.300. The first-order valence-corrected chi connectivity index (χ1v) is 16.5. The minimum atomic E-state index is -1.35. The molecule has 2 aliphatic rings. The first-order chi connectivity index (χ1) is 20.8. The lowest BCUT2D eigenvalue weighted by Crippen LogP contribution is -2.48. The molecule has 1 saturated heterocycles. The number of benzene rings is 2. The predicted molar refractivity (Wildman–Crippen MR) is 174 cm³/mol. The summed E-state index contributed by atoms with van der Waals surface area (Å²) in [7, 11) is -1.35. The van der Waals surface area contributed by atoms with Crippen LogP contribution in [0.5, 0.6) is 0 Å². The number of nitrogens with one attached hydrogen (secondary N) is 1. The van der Waals surface area contributed by atoms with E-state index in [1.54, 1.807) is 31.2 Å². The van der Waals surface area contributed by atoms with Gasteiger partial charge in [-0.25, -0.2) is 23.7 Å². The number of ether oxygens (including phenoxy) is 1. The van der Waals surface area contributed by atoms with Gasteiger partial charge in [-0.15, -0.1) is 0 Å². The highest BCUT2D eigenvalue weighted by Crippen LogP contribution is 2.53. The van der Waals surface area contributed by atoms with Gasteiger partial charge in [0.2, 0.25) is 5.91 Å². The molecule has 1 aliphatic carbocycles. The lowest BCUT2D eigenvalue weighted by Gasteiger charge is -2.44. The van der Waals surface area contributed by atoms with Crippen LogP contribution in [0.25, 0.3) is 11.3 Å². The Hall–Kier alpha value is -3.05. The molecular weight excluding hydrogens is 621 g/mol. The molecule has 0 radical (unpaired) electrons. The Morgan fingerprint density at radius 2 is 1.86 bits per heavy atom. The van der Waals surface area contributed by atoms with E-state index in [-0.39, 0.29) is 23.8 Å². The standard InChI is InChI=1S/C32H37Cl2N5O4S/c1-6-43-30(41)26-29(36-18(2)25(37-26)21-8-7-9-23(33)24(21)34)39-14-12-32(13-15-39)17-20-11-10-19(28(35)40)16-22(20)27(32)38-44(42)31(3,4)5/h7-11,16,27,38H,6,12-15,17H2,1-5H3,(H2,35,40)/t27-,44?/m1/s1. The van der Waals surface area contributed by atoms with E-state index in [1.807, 2.05) is 39.8 Å². The largest absolute Gasteiger partial charge is 0.461 e. The Morgan fingerprint density at radius 1 is 1.16 bits per heavy atom. The van der Waals surface area contributed by atoms with Crippen LogP contribution in [0.3, 0.4) is 0 Å². The Bertz CT molecular complexity index is 1650. The van der Waals surface area contributed by atoms with Crippen LogP contribution in [0.2, 0.25) is 10.0 Å². The highest BCUT2D eigenvalue weighted by Gasteiger charge is 2.49. The zero-order valence-electron chi connectivity index (χ0n) is 25.5. The van der Waals surface area contributed by atoms with Crippen molar-refractivity contribution in [3.05, 3.63) is 74.5 Å². The summed E-state index contributed by atoms with van der Waals surface area (Å²) < 4.78 is 21.7. The Balaban J connectivity index is 1.50. The topological polar surface area (TPSA) is 128 Å². The molecule has 0 bridgehead atoms. The normalized spacial score (nSPS) is 18.2. The Labute approximate surface area is 270 Å². The van der Waals surface area contributed by atoms with Gasteiger partial charge in [0.25, 0.3) is 0 Å². The fourth-order valence-electron chi connectivity index (χ4n) is 6.10. The number of nitrogens with zero attached hydrogens (tertiary/aromatic N) is 3. The number of carbonyl (C=O) groups is 2. The van der Waals surface area contributed by atoms with Crippen molar-refractivity contribution in [1.29, 1.82) is 0 Å². The zero-order valence-corrected chi connectivity index (χ0v) is 27.8. The second kappa shape index (κ2) is 12.4. The lowest BCUT2D eigenvalue weighted by molar-refractivity contribution is 0.0519. The van der Waals surface area contributed by atoms with Crippen LogP contribution < -0.4 is 15.4 Å². The molecule has 234 valence electrons. The number of aromatic nitrogens is 2. The van der Waals surface area contributed by atoms with Gasteiger partial charge in [0.05, 0.1) is 49.8 Å². The number of anilines is 1. The fourth-order valence-corrected chi connectivity index (χ4v) is 7.43. The zero-order chi connectivity index (χ0) is 32.0. The number of carbonyl (C=O) groups excluding carboxylic acids is 2. The molecule has 12 heteroatoms. The van der Waals surface area contributed by atoms with Gasteiger partial charge >= 0.3 is 5.97 Å². The van der Waals surface area contributed by atoms with E-state index in [2.05, 4.69) is 9.62 Å². The number of halogens is 2. The summed E-state index contributed by atoms with van der Waals surface area (Å²) in [5.74, 6) is -0.615. The van der Waals surface area contributed by atoms with Crippen molar-refractivity contribution in [3.63, 3.8) is 0 Å². The number of aryl methyl sites for hydroxylation is 1. The number of amides is 1. The van der Waals surface area contributed by atoms with Gasteiger partial charge in [0.15, 0.2) is 11.5 Å². The van der Waals surface area contributed by atoms with Crippen LogP contribution in [-0.4, -0.2) is 50.5 Å². The lowest BCUT2D eigenvalue weighted by atomic mass is 9.73. The number of hydrogen-bond acceptors (Lipinski definition) is 7. The monoisotopic (exact) mass is 657 g/mol. The molecule has 1 amide bonds. The maximum absolute atomic E-state index is 13.4. The first kappa shape index (κ1) is 32.3. The van der Waals surface area contributed by atoms with E-state index in [0.717, 1.165) is 30.4 Å². The van der Waals surface area contributed by atoms with Crippen molar-refractivity contribution in [2.75, 3.05) is 24.6 Å². The number of esters is 1. The third-order valence-electron chi connectivity index (χ3n) is 8.46. The van der Waals surface area contributed by atoms with Crippen molar-refractivity contribution < 1.29 is 18.5 Å². The predicted octanol–water partition coefficient (Wildman–Crippen LogP) is 5.97. The third kappa shape index (κ3) is 6.09. The molecule has 1 spiro atoms. The van der Waals surface area contributed by atoms with Crippen LogP contribution in [0, 0.1) is 12.3 Å². The smallest absolute Gasteiger partial charge is 0.360 e. The summed E-state index contributed by atoms with van der Waals surface area (Å²) in [5.41, 5.74) is 9.61. The molecule has 1 aromatic heterocycles. The van der Waals surface area contributed by atoms with E-state index < -0.39 is 27.6 Å². The van der Waals surface area contributed by atoms with Gasteiger partial charge in [-0.3, -0.25) is 4.79 Å². The maximum Gasteiger partial charge on any atom is 0.360 e. The molecule has 0 saturated carbocycles. The number of primary amides is 1. The van der Waals surface area contributed by atoms with Crippen LogP contribution in [-0.2, 0) is 22.1 Å². The minimum absolute atomic E-state index is 0.115. The van der Waals surface area contributed by atoms with E-state index in [0.29, 0.717) is 51.5 Å². The molecule has 3 N–H and O–H groups in total. The van der Waals surface area contributed by atoms with Crippen molar-refractivity contribution >= 4 is 51.9 Å². The van der Waals surface area contributed by atoms with Crippen molar-refractivity contribution in [1.82, 2.24) is 14.7 Å². The summed E-state index contributed by atoms with van der Waals surface area (Å²) >= 11 is 12.8. The van der Waals surface area contributed by atoms with E-state index in [4.69, 9.17) is 43.6 Å². The number of hydrogen-bond donors (Lipinski definition) is 2. The molecule has 44 heavy (non-hydrogen) atoms. The summed E-state index contributed by atoms with van der Waals surface area (Å²) in [6.45, 7) is 10.7. The Morgan fingerprint density at radius 3 is 2.50 bits per heavy atom.